The Morgan fingerprint density at radius 2 is 1.84 bits per heavy atom. The number of anilines is 1. The van der Waals surface area contributed by atoms with Gasteiger partial charge in [0.05, 0.1) is 30.3 Å². The molecule has 31 heavy (non-hydrogen) atoms. The first-order valence-electron chi connectivity index (χ1n) is 8.86. The molecule has 4 amide bonds. The molecule has 0 spiro atoms. The van der Waals surface area contributed by atoms with Crippen molar-refractivity contribution in [2.75, 3.05) is 32.7 Å². The van der Waals surface area contributed by atoms with Gasteiger partial charge in [0, 0.05) is 18.7 Å². The molecule has 164 valence electrons. The number of thiophene rings is 1. The van der Waals surface area contributed by atoms with Crippen LogP contribution >= 0.6 is 11.3 Å². The molecule has 0 unspecified atom stereocenters. The van der Waals surface area contributed by atoms with Gasteiger partial charge in [-0.2, -0.15) is 0 Å². The molecule has 0 saturated heterocycles. The van der Waals surface area contributed by atoms with Crippen LogP contribution in [0, 0.1) is 0 Å². The fraction of sp³-hybridized carbons (Fsp3) is 0.200. The number of carbonyl (C=O) groups is 4. The Morgan fingerprint density at radius 3 is 2.45 bits per heavy atom. The summed E-state index contributed by atoms with van der Waals surface area (Å²) in [5, 5.41) is 8.71. The van der Waals surface area contributed by atoms with Crippen molar-refractivity contribution in [3.8, 4) is 11.5 Å². The monoisotopic (exact) mass is 447 g/mol. The van der Waals surface area contributed by atoms with Gasteiger partial charge in [0.25, 0.3) is 11.8 Å². The molecule has 1 heterocycles. The third-order valence-corrected chi connectivity index (χ3v) is 4.60. The van der Waals surface area contributed by atoms with E-state index in [1.807, 2.05) is 5.32 Å². The van der Waals surface area contributed by atoms with E-state index in [0.29, 0.717) is 4.88 Å². The van der Waals surface area contributed by atoms with E-state index < -0.39 is 30.4 Å². The van der Waals surface area contributed by atoms with Crippen molar-refractivity contribution in [2.24, 2.45) is 0 Å². The zero-order valence-electron chi connectivity index (χ0n) is 16.9. The molecular formula is C20H21N3O7S. The van der Waals surface area contributed by atoms with Crippen LogP contribution in [0.5, 0.6) is 11.5 Å². The average molecular weight is 447 g/mol. The summed E-state index contributed by atoms with van der Waals surface area (Å²) in [6.45, 7) is 2.88. The van der Waals surface area contributed by atoms with Gasteiger partial charge in [-0.25, -0.2) is 9.59 Å². The largest absolute Gasteiger partial charge is 0.493 e. The lowest BCUT2D eigenvalue weighted by Crippen LogP contribution is -2.41. The van der Waals surface area contributed by atoms with E-state index in [-0.39, 0.29) is 29.3 Å². The number of methoxy groups -OCH3 is 2. The number of esters is 1. The van der Waals surface area contributed by atoms with Crippen LogP contribution in [0.1, 0.15) is 20.0 Å². The molecule has 0 saturated carbocycles. The van der Waals surface area contributed by atoms with Crippen LogP contribution < -0.4 is 25.4 Å². The predicted octanol–water partition coefficient (Wildman–Crippen LogP) is 2.19. The summed E-state index contributed by atoms with van der Waals surface area (Å²) in [7, 11) is 2.79. The molecule has 0 atom stereocenters. The van der Waals surface area contributed by atoms with Crippen molar-refractivity contribution in [1.29, 1.82) is 0 Å². The fourth-order valence-corrected chi connectivity index (χ4v) is 2.94. The summed E-state index contributed by atoms with van der Waals surface area (Å²) in [5.41, 5.74) is 0.0386. The van der Waals surface area contributed by atoms with Gasteiger partial charge in [0.2, 0.25) is 0 Å². The van der Waals surface area contributed by atoms with Gasteiger partial charge in [-0.15, -0.1) is 17.9 Å². The maximum absolute atomic E-state index is 12.6. The summed E-state index contributed by atoms with van der Waals surface area (Å²) in [4.78, 5) is 48.7. The molecule has 2 rings (SSSR count). The molecule has 0 aliphatic carbocycles. The number of imide groups is 1. The van der Waals surface area contributed by atoms with Crippen molar-refractivity contribution in [1.82, 2.24) is 10.6 Å². The van der Waals surface area contributed by atoms with Gasteiger partial charge in [-0.05, 0) is 11.4 Å². The molecule has 1 aromatic heterocycles. The van der Waals surface area contributed by atoms with Crippen molar-refractivity contribution in [3.05, 3.63) is 52.7 Å². The van der Waals surface area contributed by atoms with E-state index in [4.69, 9.17) is 14.2 Å². The molecule has 0 aliphatic heterocycles. The van der Waals surface area contributed by atoms with Crippen LogP contribution in [0.25, 0.3) is 0 Å². The first-order chi connectivity index (χ1) is 14.9. The van der Waals surface area contributed by atoms with E-state index in [0.717, 1.165) is 0 Å². The zero-order valence-corrected chi connectivity index (χ0v) is 17.7. The second-order valence-electron chi connectivity index (χ2n) is 5.81. The van der Waals surface area contributed by atoms with Gasteiger partial charge in [-0.3, -0.25) is 14.9 Å². The molecule has 0 radical (unpaired) electrons. The molecule has 1 aromatic carbocycles. The van der Waals surface area contributed by atoms with Crippen LogP contribution in [0.2, 0.25) is 0 Å². The molecule has 3 N–H and O–H groups in total. The number of ether oxygens (including phenoxy) is 3. The molecule has 10 nitrogen and oxygen atoms in total. The number of amides is 4. The van der Waals surface area contributed by atoms with Crippen molar-refractivity contribution in [3.63, 3.8) is 0 Å². The minimum Gasteiger partial charge on any atom is -0.493 e. The number of urea groups is 1. The van der Waals surface area contributed by atoms with Crippen LogP contribution in [0.15, 0.2) is 42.3 Å². The third-order valence-electron chi connectivity index (χ3n) is 3.73. The molecule has 0 bridgehead atoms. The highest BCUT2D eigenvalue weighted by molar-refractivity contribution is 7.12. The van der Waals surface area contributed by atoms with E-state index in [1.54, 1.807) is 17.5 Å². The minimum absolute atomic E-state index is 0.0635. The second kappa shape index (κ2) is 11.4. The Hall–Kier alpha value is -3.86. The highest BCUT2D eigenvalue weighted by Gasteiger charge is 2.21. The van der Waals surface area contributed by atoms with Crippen LogP contribution in [-0.4, -0.2) is 51.2 Å². The number of hydrogen-bond acceptors (Lipinski definition) is 8. The topological polar surface area (TPSA) is 132 Å². The Bertz CT molecular complexity index is 973. The lowest BCUT2D eigenvalue weighted by Gasteiger charge is -2.15. The third kappa shape index (κ3) is 6.57. The highest BCUT2D eigenvalue weighted by atomic mass is 32.1. The average Bonchev–Trinajstić information content (AvgIpc) is 3.30. The molecular weight excluding hydrogens is 426 g/mol. The fourth-order valence-electron chi connectivity index (χ4n) is 2.32. The molecule has 0 aliphatic rings. The minimum atomic E-state index is -0.913. The molecule has 2 aromatic rings. The first kappa shape index (κ1) is 23.4. The van der Waals surface area contributed by atoms with Crippen LogP contribution in [-0.2, 0) is 9.53 Å². The van der Waals surface area contributed by atoms with Gasteiger partial charge in [-0.1, -0.05) is 12.1 Å². The number of hydrogen-bond donors (Lipinski definition) is 3. The van der Waals surface area contributed by atoms with E-state index in [2.05, 4.69) is 17.2 Å². The summed E-state index contributed by atoms with van der Waals surface area (Å²) in [6.07, 6.45) is 1.44. The summed E-state index contributed by atoms with van der Waals surface area (Å²) in [6, 6.07) is 5.31. The Balaban J connectivity index is 2.17. The Labute approximate surface area is 182 Å². The van der Waals surface area contributed by atoms with E-state index in [1.165, 1.54) is 43.8 Å². The van der Waals surface area contributed by atoms with Gasteiger partial charge in [0.1, 0.15) is 0 Å². The number of nitrogens with one attached hydrogen (secondary N) is 3. The number of carbonyl (C=O) groups excluding carboxylic acids is 4. The van der Waals surface area contributed by atoms with E-state index in [9.17, 15) is 19.2 Å². The second-order valence-corrected chi connectivity index (χ2v) is 6.75. The Kier molecular flexibility index (Phi) is 8.58. The van der Waals surface area contributed by atoms with Crippen LogP contribution in [0.4, 0.5) is 10.5 Å². The summed E-state index contributed by atoms with van der Waals surface area (Å²) >= 11 is 1.23. The van der Waals surface area contributed by atoms with Crippen molar-refractivity contribution >= 4 is 40.8 Å². The summed E-state index contributed by atoms with van der Waals surface area (Å²) < 4.78 is 15.4. The number of benzene rings is 1. The smallest absolute Gasteiger partial charge is 0.340 e. The zero-order chi connectivity index (χ0) is 22.8. The lowest BCUT2D eigenvalue weighted by molar-refractivity contribution is -0.123. The molecule has 0 fully saturated rings. The molecule has 11 heteroatoms. The first-order valence-corrected chi connectivity index (χ1v) is 9.74. The van der Waals surface area contributed by atoms with Gasteiger partial charge in [0.15, 0.2) is 18.1 Å². The van der Waals surface area contributed by atoms with Gasteiger partial charge >= 0.3 is 12.0 Å². The van der Waals surface area contributed by atoms with Crippen molar-refractivity contribution < 1.29 is 33.4 Å². The maximum atomic E-state index is 12.6. The van der Waals surface area contributed by atoms with Gasteiger partial charge < -0.3 is 24.8 Å². The SMILES string of the molecule is C=CCNC(=O)NC(=O)COC(=O)c1cc(OC)c(OC)cc1NC(=O)c1cccs1. The normalized spacial score (nSPS) is 9.87. The number of rotatable bonds is 9. The predicted molar refractivity (Wildman–Crippen MR) is 114 cm³/mol. The van der Waals surface area contributed by atoms with E-state index >= 15 is 0 Å². The van der Waals surface area contributed by atoms with Crippen LogP contribution in [0.3, 0.4) is 0 Å². The summed E-state index contributed by atoms with van der Waals surface area (Å²) in [5.74, 6) is -1.69. The van der Waals surface area contributed by atoms with Crippen molar-refractivity contribution in [2.45, 2.75) is 0 Å². The highest BCUT2D eigenvalue weighted by Crippen LogP contribution is 2.34. The Morgan fingerprint density at radius 1 is 1.13 bits per heavy atom. The standard InChI is InChI=1S/C20H21N3O7S/c1-4-7-21-20(27)23-17(24)11-30-19(26)12-9-14(28-2)15(29-3)10-13(12)22-18(25)16-6-5-8-31-16/h4-6,8-10H,1,7,11H2,2-3H3,(H,22,25)(H2,21,23,24,27). The lowest BCUT2D eigenvalue weighted by atomic mass is 10.1. The maximum Gasteiger partial charge on any atom is 0.340 e. The quantitative estimate of drug-likeness (QED) is 0.396.